The Bertz CT molecular complexity index is 761. The quantitative estimate of drug-likeness (QED) is 0.414. The Labute approximate surface area is 172 Å². The van der Waals surface area contributed by atoms with E-state index in [1.807, 2.05) is 30.3 Å². The third kappa shape index (κ3) is 7.40. The van der Waals surface area contributed by atoms with Crippen LogP contribution in [-0.2, 0) is 11.3 Å². The van der Waals surface area contributed by atoms with Gasteiger partial charge in [0.15, 0.2) is 0 Å². The number of hydrogen-bond acceptors (Lipinski definition) is 5. The van der Waals surface area contributed by atoms with E-state index in [0.29, 0.717) is 13.2 Å². The van der Waals surface area contributed by atoms with Gasteiger partial charge in [-0.2, -0.15) is 0 Å². The van der Waals surface area contributed by atoms with E-state index < -0.39 is 6.10 Å². The van der Waals surface area contributed by atoms with Crippen LogP contribution in [0.5, 0.6) is 0 Å². The molecule has 2 aromatic carbocycles. The molecule has 0 aliphatic carbocycles. The largest absolute Gasteiger partial charge is 0.389 e. The molecule has 1 unspecified atom stereocenters. The molecule has 0 fully saturated rings. The summed E-state index contributed by atoms with van der Waals surface area (Å²) in [6, 6.07) is 26.7. The van der Waals surface area contributed by atoms with E-state index in [2.05, 4.69) is 64.1 Å². The molecule has 0 amide bonds. The molecule has 0 aliphatic rings. The Kier molecular flexibility index (Phi) is 8.82. The predicted octanol–water partition coefficient (Wildman–Crippen LogP) is 2.93. The fraction of sp³-hybridized carbons (Fsp3) is 0.292. The fourth-order valence-corrected chi connectivity index (χ4v) is 3.13. The van der Waals surface area contributed by atoms with Gasteiger partial charge in [0, 0.05) is 25.8 Å². The minimum atomic E-state index is -0.544. The highest BCUT2D eigenvalue weighted by molar-refractivity contribution is 5.31. The van der Waals surface area contributed by atoms with E-state index >= 15 is 0 Å². The molecule has 0 aliphatic heterocycles. The van der Waals surface area contributed by atoms with E-state index in [4.69, 9.17) is 4.74 Å². The summed E-state index contributed by atoms with van der Waals surface area (Å²) in [6.45, 7) is 2.73. The first kappa shape index (κ1) is 21.1. The predicted molar refractivity (Wildman–Crippen MR) is 115 cm³/mol. The zero-order chi connectivity index (χ0) is 20.2. The molecule has 0 saturated carbocycles. The second-order valence-corrected chi connectivity index (χ2v) is 6.90. The molecule has 1 heterocycles. The SMILES string of the molecule is OC(CNCCNC(c1ccccc1)c1ccccc1)COCc1ccccn1. The molecule has 5 nitrogen and oxygen atoms in total. The van der Waals surface area contributed by atoms with Gasteiger partial charge in [0.05, 0.1) is 31.1 Å². The molecule has 3 N–H and O–H groups in total. The van der Waals surface area contributed by atoms with Crippen LogP contribution in [0.25, 0.3) is 0 Å². The van der Waals surface area contributed by atoms with Crippen molar-refractivity contribution in [3.8, 4) is 0 Å². The van der Waals surface area contributed by atoms with E-state index in [1.165, 1.54) is 11.1 Å². The number of aliphatic hydroxyl groups is 1. The molecule has 152 valence electrons. The first-order valence-corrected chi connectivity index (χ1v) is 10.0. The second kappa shape index (κ2) is 12.1. The lowest BCUT2D eigenvalue weighted by atomic mass is 9.99. The van der Waals surface area contributed by atoms with Gasteiger partial charge in [-0.15, -0.1) is 0 Å². The van der Waals surface area contributed by atoms with Crippen molar-refractivity contribution in [3.63, 3.8) is 0 Å². The molecule has 29 heavy (non-hydrogen) atoms. The van der Waals surface area contributed by atoms with Crippen LogP contribution in [0.4, 0.5) is 0 Å². The number of ether oxygens (including phenoxy) is 1. The van der Waals surface area contributed by atoms with E-state index in [9.17, 15) is 5.11 Å². The van der Waals surface area contributed by atoms with Gasteiger partial charge in [-0.3, -0.25) is 4.98 Å². The maximum atomic E-state index is 10.1. The summed E-state index contributed by atoms with van der Waals surface area (Å²) in [6.07, 6.45) is 1.19. The summed E-state index contributed by atoms with van der Waals surface area (Å²) in [5.74, 6) is 0. The lowest BCUT2D eigenvalue weighted by molar-refractivity contribution is 0.0278. The summed E-state index contributed by atoms with van der Waals surface area (Å²) in [7, 11) is 0. The third-order valence-electron chi connectivity index (χ3n) is 4.58. The summed E-state index contributed by atoms with van der Waals surface area (Å²) in [4.78, 5) is 4.20. The van der Waals surface area contributed by atoms with Crippen molar-refractivity contribution < 1.29 is 9.84 Å². The number of pyridine rings is 1. The first-order chi connectivity index (χ1) is 14.3. The van der Waals surface area contributed by atoms with Crippen molar-refractivity contribution in [2.75, 3.05) is 26.2 Å². The molecule has 0 spiro atoms. The molecule has 3 aromatic rings. The number of aliphatic hydroxyl groups excluding tert-OH is 1. The lowest BCUT2D eigenvalue weighted by Gasteiger charge is -2.20. The molecule has 3 rings (SSSR count). The highest BCUT2D eigenvalue weighted by Crippen LogP contribution is 2.21. The number of nitrogens with one attached hydrogen (secondary N) is 2. The number of rotatable bonds is 12. The van der Waals surface area contributed by atoms with Crippen LogP contribution in [0.15, 0.2) is 85.1 Å². The molecule has 5 heteroatoms. The van der Waals surface area contributed by atoms with Gasteiger partial charge in [-0.05, 0) is 23.3 Å². The molecular formula is C24H29N3O2. The Morgan fingerprint density at radius 1 is 0.828 bits per heavy atom. The average molecular weight is 392 g/mol. The van der Waals surface area contributed by atoms with Crippen molar-refractivity contribution in [1.29, 1.82) is 0 Å². The van der Waals surface area contributed by atoms with E-state index in [0.717, 1.165) is 18.8 Å². The van der Waals surface area contributed by atoms with Crippen LogP contribution >= 0.6 is 0 Å². The summed E-state index contributed by atoms with van der Waals surface area (Å²) < 4.78 is 5.52. The maximum Gasteiger partial charge on any atom is 0.0897 e. The Morgan fingerprint density at radius 2 is 1.48 bits per heavy atom. The highest BCUT2D eigenvalue weighted by atomic mass is 16.5. The molecular weight excluding hydrogens is 362 g/mol. The average Bonchev–Trinajstić information content (AvgIpc) is 2.78. The summed E-state index contributed by atoms with van der Waals surface area (Å²) >= 11 is 0. The van der Waals surface area contributed by atoms with Crippen molar-refractivity contribution in [2.45, 2.75) is 18.8 Å². The summed E-state index contributed by atoms with van der Waals surface area (Å²) in [5.41, 5.74) is 3.34. The number of aromatic nitrogens is 1. The normalized spacial score (nSPS) is 12.2. The van der Waals surface area contributed by atoms with Crippen LogP contribution in [0, 0.1) is 0 Å². The standard InChI is InChI=1S/C24H29N3O2/c28-23(19-29-18-22-13-7-8-14-26-22)17-25-15-16-27-24(20-9-3-1-4-10-20)21-11-5-2-6-12-21/h1-14,23-25,27-28H,15-19H2. The van der Waals surface area contributed by atoms with Crippen molar-refractivity contribution in [1.82, 2.24) is 15.6 Å². The van der Waals surface area contributed by atoms with E-state index in [1.54, 1.807) is 6.20 Å². The number of hydrogen-bond donors (Lipinski definition) is 3. The van der Waals surface area contributed by atoms with Gasteiger partial charge in [0.2, 0.25) is 0 Å². The summed E-state index contributed by atoms with van der Waals surface area (Å²) in [5, 5.41) is 17.0. The van der Waals surface area contributed by atoms with Crippen LogP contribution in [0.3, 0.4) is 0 Å². The Morgan fingerprint density at radius 3 is 2.10 bits per heavy atom. The van der Waals surface area contributed by atoms with Crippen molar-refractivity contribution in [3.05, 3.63) is 102 Å². The molecule has 0 bridgehead atoms. The Hall–Kier alpha value is -2.57. The minimum Gasteiger partial charge on any atom is -0.389 e. The van der Waals surface area contributed by atoms with Crippen molar-refractivity contribution >= 4 is 0 Å². The van der Waals surface area contributed by atoms with Crippen LogP contribution in [-0.4, -0.2) is 42.4 Å². The van der Waals surface area contributed by atoms with Crippen molar-refractivity contribution in [2.24, 2.45) is 0 Å². The van der Waals surface area contributed by atoms with Gasteiger partial charge in [-0.25, -0.2) is 0 Å². The molecule has 1 atom stereocenters. The third-order valence-corrected chi connectivity index (χ3v) is 4.58. The maximum absolute atomic E-state index is 10.1. The topological polar surface area (TPSA) is 66.4 Å². The lowest BCUT2D eigenvalue weighted by Crippen LogP contribution is -2.36. The fourth-order valence-electron chi connectivity index (χ4n) is 3.13. The van der Waals surface area contributed by atoms with Crippen LogP contribution < -0.4 is 10.6 Å². The van der Waals surface area contributed by atoms with Gasteiger partial charge in [-0.1, -0.05) is 66.7 Å². The second-order valence-electron chi connectivity index (χ2n) is 6.90. The molecule has 0 radical (unpaired) electrons. The van der Waals surface area contributed by atoms with Crippen LogP contribution in [0.1, 0.15) is 22.9 Å². The minimum absolute atomic E-state index is 0.144. The Balaban J connectivity index is 1.37. The van der Waals surface area contributed by atoms with Gasteiger partial charge in [0.25, 0.3) is 0 Å². The van der Waals surface area contributed by atoms with Gasteiger partial charge >= 0.3 is 0 Å². The van der Waals surface area contributed by atoms with Crippen LogP contribution in [0.2, 0.25) is 0 Å². The molecule has 1 aromatic heterocycles. The van der Waals surface area contributed by atoms with E-state index in [-0.39, 0.29) is 12.6 Å². The highest BCUT2D eigenvalue weighted by Gasteiger charge is 2.12. The smallest absolute Gasteiger partial charge is 0.0897 e. The monoisotopic (exact) mass is 391 g/mol. The number of benzene rings is 2. The molecule has 0 saturated heterocycles. The van der Waals surface area contributed by atoms with Gasteiger partial charge in [0.1, 0.15) is 0 Å². The zero-order valence-corrected chi connectivity index (χ0v) is 16.6. The van der Waals surface area contributed by atoms with Gasteiger partial charge < -0.3 is 20.5 Å². The number of nitrogens with zero attached hydrogens (tertiary/aromatic N) is 1. The first-order valence-electron chi connectivity index (χ1n) is 10.0. The zero-order valence-electron chi connectivity index (χ0n) is 16.6.